The molecule has 0 radical (unpaired) electrons. The number of H-pyrrole nitrogens is 1. The highest BCUT2D eigenvalue weighted by atomic mass is 127. The normalized spacial score (nSPS) is 11.1. The molecule has 0 aliphatic heterocycles. The van der Waals surface area contributed by atoms with E-state index < -0.39 is 0 Å². The summed E-state index contributed by atoms with van der Waals surface area (Å²) in [5, 5.41) is 0. The molecule has 1 aromatic heterocycles. The van der Waals surface area contributed by atoms with Crippen molar-refractivity contribution in [2.75, 3.05) is 0 Å². The molecule has 0 saturated carbocycles. The highest BCUT2D eigenvalue weighted by Crippen LogP contribution is 2.23. The second-order valence-corrected chi connectivity index (χ2v) is 6.00. The first kappa shape index (κ1) is 12.8. The molecule has 0 saturated heterocycles. The average molecular weight is 384 g/mol. The Hall–Kier alpha value is -1.21. The van der Waals surface area contributed by atoms with Crippen LogP contribution >= 0.6 is 34.8 Å². The first-order valence-electron chi connectivity index (χ1n) is 5.73. The molecule has 19 heavy (non-hydrogen) atoms. The van der Waals surface area contributed by atoms with E-state index in [0.29, 0.717) is 15.9 Å². The maximum atomic E-state index is 13.6. The summed E-state index contributed by atoms with van der Waals surface area (Å²) in [6.07, 6.45) is 0. The molecule has 0 amide bonds. The molecule has 0 unspecified atom stereocenters. The lowest BCUT2D eigenvalue weighted by molar-refractivity contribution is 0.620. The van der Waals surface area contributed by atoms with Crippen molar-refractivity contribution in [3.8, 4) is 5.69 Å². The van der Waals surface area contributed by atoms with Crippen LogP contribution in [0.4, 0.5) is 4.39 Å². The van der Waals surface area contributed by atoms with Crippen molar-refractivity contribution in [3.63, 3.8) is 0 Å². The van der Waals surface area contributed by atoms with Crippen LogP contribution in [-0.2, 0) is 0 Å². The van der Waals surface area contributed by atoms with Crippen LogP contribution in [0, 0.1) is 21.1 Å². The molecule has 0 fully saturated rings. The summed E-state index contributed by atoms with van der Waals surface area (Å²) in [6, 6.07) is 11.3. The quantitative estimate of drug-likeness (QED) is 0.475. The lowest BCUT2D eigenvalue weighted by Gasteiger charge is -2.06. The molecule has 5 heteroatoms. The van der Waals surface area contributed by atoms with Gasteiger partial charge in [-0.3, -0.25) is 4.57 Å². The number of hydrogen-bond acceptors (Lipinski definition) is 1. The van der Waals surface area contributed by atoms with Crippen molar-refractivity contribution in [2.24, 2.45) is 0 Å². The standard InChI is InChI=1S/C14H10FIN2S/c1-8-5-13-12(7-11(8)15)17-14(19)18(13)10-4-2-3-9(16)6-10/h2-7H,1H3,(H,17,19). The van der Waals surface area contributed by atoms with Gasteiger partial charge in [-0.05, 0) is 77.6 Å². The third kappa shape index (κ3) is 2.21. The maximum Gasteiger partial charge on any atom is 0.182 e. The van der Waals surface area contributed by atoms with Gasteiger partial charge in [0.1, 0.15) is 5.82 Å². The lowest BCUT2D eigenvalue weighted by atomic mass is 10.2. The van der Waals surface area contributed by atoms with Gasteiger partial charge in [-0.2, -0.15) is 0 Å². The van der Waals surface area contributed by atoms with Crippen LogP contribution in [0.5, 0.6) is 0 Å². The van der Waals surface area contributed by atoms with Gasteiger partial charge in [0, 0.05) is 9.26 Å². The number of hydrogen-bond donors (Lipinski definition) is 1. The minimum Gasteiger partial charge on any atom is -0.330 e. The SMILES string of the molecule is Cc1cc2c(cc1F)[nH]c(=S)n2-c1cccc(I)c1. The number of nitrogens with one attached hydrogen (secondary N) is 1. The number of aryl methyl sites for hydroxylation is 1. The van der Waals surface area contributed by atoms with Crippen molar-refractivity contribution in [1.82, 2.24) is 9.55 Å². The molecule has 0 atom stereocenters. The Labute approximate surface area is 128 Å². The molecular weight excluding hydrogens is 374 g/mol. The Morgan fingerprint density at radius 2 is 2.05 bits per heavy atom. The Morgan fingerprint density at radius 1 is 1.26 bits per heavy atom. The van der Waals surface area contributed by atoms with E-state index in [1.807, 2.05) is 34.9 Å². The predicted octanol–water partition coefficient (Wildman–Crippen LogP) is 4.74. The summed E-state index contributed by atoms with van der Waals surface area (Å²) >= 11 is 7.61. The van der Waals surface area contributed by atoms with Crippen molar-refractivity contribution in [3.05, 3.63) is 56.1 Å². The zero-order valence-corrected chi connectivity index (χ0v) is 13.0. The molecule has 3 aromatic rings. The molecule has 2 nitrogen and oxygen atoms in total. The first-order valence-corrected chi connectivity index (χ1v) is 7.22. The van der Waals surface area contributed by atoms with Gasteiger partial charge in [0.15, 0.2) is 4.77 Å². The molecule has 3 rings (SSSR count). The second kappa shape index (κ2) is 4.72. The average Bonchev–Trinajstić information content (AvgIpc) is 2.65. The summed E-state index contributed by atoms with van der Waals surface area (Å²) in [5.74, 6) is -0.224. The van der Waals surface area contributed by atoms with Gasteiger partial charge < -0.3 is 4.98 Å². The number of imidazole rings is 1. The van der Waals surface area contributed by atoms with Crippen molar-refractivity contribution < 1.29 is 4.39 Å². The van der Waals surface area contributed by atoms with E-state index >= 15 is 0 Å². The van der Waals surface area contributed by atoms with Gasteiger partial charge in [-0.15, -0.1) is 0 Å². The Kier molecular flexibility index (Phi) is 3.18. The number of fused-ring (bicyclic) bond motifs is 1. The van der Waals surface area contributed by atoms with Crippen LogP contribution in [0.2, 0.25) is 0 Å². The molecule has 0 bridgehead atoms. The van der Waals surface area contributed by atoms with E-state index in [9.17, 15) is 4.39 Å². The van der Waals surface area contributed by atoms with Crippen LogP contribution in [-0.4, -0.2) is 9.55 Å². The van der Waals surface area contributed by atoms with Gasteiger partial charge in [-0.25, -0.2) is 4.39 Å². The van der Waals surface area contributed by atoms with Crippen molar-refractivity contribution >= 4 is 45.8 Å². The van der Waals surface area contributed by atoms with Crippen LogP contribution in [0.3, 0.4) is 0 Å². The van der Waals surface area contributed by atoms with Crippen LogP contribution in [0.1, 0.15) is 5.56 Å². The third-order valence-electron chi connectivity index (χ3n) is 3.03. The fourth-order valence-corrected chi connectivity index (χ4v) is 2.94. The van der Waals surface area contributed by atoms with Crippen LogP contribution in [0.25, 0.3) is 16.7 Å². The molecule has 96 valence electrons. The Morgan fingerprint density at radius 3 is 2.79 bits per heavy atom. The fraction of sp³-hybridized carbons (Fsp3) is 0.0714. The summed E-state index contributed by atoms with van der Waals surface area (Å²) < 4.78 is 17.2. The van der Waals surface area contributed by atoms with Gasteiger partial charge in [0.25, 0.3) is 0 Å². The molecule has 0 aliphatic rings. The summed E-state index contributed by atoms with van der Waals surface area (Å²) in [7, 11) is 0. The van der Waals surface area contributed by atoms with Gasteiger partial charge >= 0.3 is 0 Å². The molecule has 1 heterocycles. The Balaban J connectivity index is 2.38. The minimum atomic E-state index is -0.224. The van der Waals surface area contributed by atoms with E-state index in [1.165, 1.54) is 6.07 Å². The first-order chi connectivity index (χ1) is 9.06. The van der Waals surface area contributed by atoms with Crippen molar-refractivity contribution in [2.45, 2.75) is 6.92 Å². The number of aromatic amines is 1. The molecular formula is C14H10FIN2S. The van der Waals surface area contributed by atoms with E-state index in [0.717, 1.165) is 14.8 Å². The topological polar surface area (TPSA) is 20.7 Å². The van der Waals surface area contributed by atoms with Gasteiger partial charge in [0.2, 0.25) is 0 Å². The van der Waals surface area contributed by atoms with E-state index in [1.54, 1.807) is 6.92 Å². The molecule has 2 aromatic carbocycles. The highest BCUT2D eigenvalue weighted by Gasteiger charge is 2.09. The van der Waals surface area contributed by atoms with Crippen LogP contribution < -0.4 is 0 Å². The largest absolute Gasteiger partial charge is 0.330 e. The lowest BCUT2D eigenvalue weighted by Crippen LogP contribution is -1.95. The monoisotopic (exact) mass is 384 g/mol. The molecule has 0 aliphatic carbocycles. The number of benzene rings is 2. The van der Waals surface area contributed by atoms with E-state index in [4.69, 9.17) is 12.2 Å². The highest BCUT2D eigenvalue weighted by molar-refractivity contribution is 14.1. The number of aromatic nitrogens is 2. The summed E-state index contributed by atoms with van der Waals surface area (Å²) in [6.45, 7) is 1.75. The van der Waals surface area contributed by atoms with E-state index in [2.05, 4.69) is 27.6 Å². The zero-order chi connectivity index (χ0) is 13.6. The number of nitrogens with zero attached hydrogens (tertiary/aromatic N) is 1. The maximum absolute atomic E-state index is 13.6. The molecule has 0 spiro atoms. The van der Waals surface area contributed by atoms with Gasteiger partial charge in [-0.1, -0.05) is 6.07 Å². The predicted molar refractivity (Wildman–Crippen MR) is 85.9 cm³/mol. The third-order valence-corrected chi connectivity index (χ3v) is 3.98. The summed E-state index contributed by atoms with van der Waals surface area (Å²) in [5.41, 5.74) is 3.20. The minimum absolute atomic E-state index is 0.224. The van der Waals surface area contributed by atoms with E-state index in [-0.39, 0.29) is 5.82 Å². The summed E-state index contributed by atoms with van der Waals surface area (Å²) in [4.78, 5) is 3.05. The zero-order valence-electron chi connectivity index (χ0n) is 10.1. The van der Waals surface area contributed by atoms with Crippen LogP contribution in [0.15, 0.2) is 36.4 Å². The Bertz CT molecular complexity index is 835. The number of rotatable bonds is 1. The van der Waals surface area contributed by atoms with Crippen molar-refractivity contribution in [1.29, 1.82) is 0 Å². The smallest absolute Gasteiger partial charge is 0.182 e. The molecule has 1 N–H and O–H groups in total. The number of halogens is 2. The fourth-order valence-electron chi connectivity index (χ4n) is 2.10. The van der Waals surface area contributed by atoms with Gasteiger partial charge in [0.05, 0.1) is 11.0 Å². The second-order valence-electron chi connectivity index (χ2n) is 4.36.